The Labute approximate surface area is 176 Å². The van der Waals surface area contributed by atoms with Crippen molar-refractivity contribution in [2.75, 3.05) is 26.3 Å². The maximum atomic E-state index is 9.52. The van der Waals surface area contributed by atoms with E-state index in [1.165, 1.54) is 5.56 Å². The first kappa shape index (κ1) is 19.1. The van der Waals surface area contributed by atoms with Crippen LogP contribution in [0, 0.1) is 11.3 Å². The van der Waals surface area contributed by atoms with Gasteiger partial charge in [-0.05, 0) is 43.4 Å². The highest BCUT2D eigenvalue weighted by molar-refractivity contribution is 6.30. The molecule has 0 saturated carbocycles. The average Bonchev–Trinajstić information content (AvgIpc) is 3.34. The molecule has 3 aliphatic rings. The fourth-order valence-electron chi connectivity index (χ4n) is 4.93. The van der Waals surface area contributed by atoms with E-state index in [4.69, 9.17) is 21.1 Å². The van der Waals surface area contributed by atoms with E-state index in [2.05, 4.69) is 26.9 Å². The summed E-state index contributed by atoms with van der Waals surface area (Å²) >= 11 is 6.25. The van der Waals surface area contributed by atoms with E-state index in [-0.39, 0.29) is 5.60 Å². The van der Waals surface area contributed by atoms with Gasteiger partial charge in [0, 0.05) is 55.2 Å². The highest BCUT2D eigenvalue weighted by Gasteiger charge is 2.47. The quantitative estimate of drug-likeness (QED) is 0.763. The lowest BCUT2D eigenvalue weighted by molar-refractivity contribution is -0.0933. The zero-order valence-corrected chi connectivity index (χ0v) is 17.1. The smallest absolute Gasteiger partial charge is 0.170 e. The number of nitriles is 1. The molecule has 4 heterocycles. The van der Waals surface area contributed by atoms with Crippen LogP contribution in [0.1, 0.15) is 54.5 Å². The van der Waals surface area contributed by atoms with Crippen molar-refractivity contribution in [3.8, 4) is 6.07 Å². The predicted octanol–water partition coefficient (Wildman–Crippen LogP) is 3.97. The Morgan fingerprint density at radius 3 is 2.79 bits per heavy atom. The second-order valence-corrected chi connectivity index (χ2v) is 8.74. The van der Waals surface area contributed by atoms with Gasteiger partial charge in [0.1, 0.15) is 0 Å². The van der Waals surface area contributed by atoms with Crippen LogP contribution in [0.3, 0.4) is 0 Å². The molecule has 0 bridgehead atoms. The van der Waals surface area contributed by atoms with Crippen LogP contribution >= 0.6 is 11.6 Å². The number of fused-ring (bicyclic) bond motifs is 2. The summed E-state index contributed by atoms with van der Waals surface area (Å²) in [5.41, 5.74) is 2.94. The zero-order valence-electron chi connectivity index (χ0n) is 16.4. The van der Waals surface area contributed by atoms with E-state index in [0.717, 1.165) is 69.7 Å². The van der Waals surface area contributed by atoms with Gasteiger partial charge >= 0.3 is 0 Å². The summed E-state index contributed by atoms with van der Waals surface area (Å²) in [6, 6.07) is 8.53. The number of ether oxygens (including phenoxy) is 2. The molecule has 0 amide bonds. The number of hydrogen-bond donors (Lipinski definition) is 0. The molecule has 2 fully saturated rings. The van der Waals surface area contributed by atoms with Gasteiger partial charge in [0.15, 0.2) is 6.10 Å². The number of nitrogens with zero attached hydrogens (tertiary/aromatic N) is 4. The molecule has 5 rings (SSSR count). The fourth-order valence-corrected chi connectivity index (χ4v) is 5.10. The van der Waals surface area contributed by atoms with Crippen LogP contribution in [0.25, 0.3) is 0 Å². The standard InChI is InChI=1S/C22H25ClN4O2/c23-17-1-2-19-20(11-17)22(29-21(19)12-24)5-7-26(8-6-22)14-16-13-25-27(15-16)18-3-9-28-10-4-18/h1-2,11,13,15,18,21H,3-10,14H2. The molecule has 3 aliphatic heterocycles. The van der Waals surface area contributed by atoms with Gasteiger partial charge in [0.25, 0.3) is 0 Å². The summed E-state index contributed by atoms with van der Waals surface area (Å²) in [4.78, 5) is 2.45. The topological polar surface area (TPSA) is 63.3 Å². The van der Waals surface area contributed by atoms with Crippen molar-refractivity contribution in [3.63, 3.8) is 0 Å². The number of aromatic nitrogens is 2. The van der Waals surface area contributed by atoms with Crippen molar-refractivity contribution in [2.24, 2.45) is 0 Å². The van der Waals surface area contributed by atoms with Crippen molar-refractivity contribution in [1.82, 2.24) is 14.7 Å². The van der Waals surface area contributed by atoms with Crippen LogP contribution in [0.4, 0.5) is 0 Å². The molecular formula is C22H25ClN4O2. The molecule has 152 valence electrons. The highest BCUT2D eigenvalue weighted by Crippen LogP contribution is 2.49. The highest BCUT2D eigenvalue weighted by atomic mass is 35.5. The van der Waals surface area contributed by atoms with Crippen molar-refractivity contribution in [1.29, 1.82) is 5.26 Å². The number of hydrogen-bond acceptors (Lipinski definition) is 5. The SMILES string of the molecule is N#CC1OC2(CCN(Cc3cnn(C4CCOCC4)c3)CC2)c2cc(Cl)ccc21. The molecule has 0 N–H and O–H groups in total. The fraction of sp³-hybridized carbons (Fsp3) is 0.545. The Hall–Kier alpha value is -1.91. The maximum Gasteiger partial charge on any atom is 0.170 e. The van der Waals surface area contributed by atoms with Gasteiger partial charge < -0.3 is 9.47 Å². The van der Waals surface area contributed by atoms with Crippen molar-refractivity contribution in [2.45, 2.75) is 50.0 Å². The van der Waals surface area contributed by atoms with Crippen LogP contribution in [0.2, 0.25) is 5.02 Å². The van der Waals surface area contributed by atoms with Gasteiger partial charge in [-0.1, -0.05) is 17.7 Å². The van der Waals surface area contributed by atoms with Gasteiger partial charge in [-0.3, -0.25) is 9.58 Å². The van der Waals surface area contributed by atoms with Gasteiger partial charge in [-0.2, -0.15) is 10.4 Å². The number of piperidine rings is 1. The summed E-state index contributed by atoms with van der Waals surface area (Å²) < 4.78 is 13.8. The zero-order chi connectivity index (χ0) is 19.8. The first-order valence-corrected chi connectivity index (χ1v) is 10.8. The lowest BCUT2D eigenvalue weighted by Gasteiger charge is -2.39. The van der Waals surface area contributed by atoms with Crippen LogP contribution in [0.5, 0.6) is 0 Å². The van der Waals surface area contributed by atoms with Crippen molar-refractivity contribution < 1.29 is 9.47 Å². The van der Waals surface area contributed by atoms with Crippen LogP contribution in [0.15, 0.2) is 30.6 Å². The third-order valence-electron chi connectivity index (χ3n) is 6.54. The summed E-state index contributed by atoms with van der Waals surface area (Å²) in [6.45, 7) is 4.38. The molecule has 1 aromatic carbocycles. The summed E-state index contributed by atoms with van der Waals surface area (Å²) in [6.07, 6.45) is 7.49. The van der Waals surface area contributed by atoms with Crippen LogP contribution in [-0.4, -0.2) is 41.0 Å². The molecule has 0 radical (unpaired) electrons. The molecule has 0 aliphatic carbocycles. The van der Waals surface area contributed by atoms with Gasteiger partial charge in [0.2, 0.25) is 0 Å². The Morgan fingerprint density at radius 2 is 2.03 bits per heavy atom. The molecule has 1 atom stereocenters. The van der Waals surface area contributed by atoms with E-state index >= 15 is 0 Å². The van der Waals surface area contributed by atoms with Crippen LogP contribution in [-0.2, 0) is 21.6 Å². The lowest BCUT2D eigenvalue weighted by Crippen LogP contribution is -2.42. The molecule has 2 saturated heterocycles. The summed E-state index contributed by atoms with van der Waals surface area (Å²) in [7, 11) is 0. The van der Waals surface area contributed by atoms with E-state index in [0.29, 0.717) is 11.1 Å². The maximum absolute atomic E-state index is 9.52. The third kappa shape index (κ3) is 3.57. The van der Waals surface area contributed by atoms with E-state index < -0.39 is 6.10 Å². The minimum atomic E-state index is -0.494. The van der Waals surface area contributed by atoms with E-state index in [9.17, 15) is 5.26 Å². The largest absolute Gasteiger partial charge is 0.381 e. The molecule has 1 spiro atoms. The lowest BCUT2D eigenvalue weighted by atomic mass is 9.83. The Balaban J connectivity index is 1.25. The third-order valence-corrected chi connectivity index (χ3v) is 6.77. The Kier molecular flexibility index (Phi) is 5.09. The van der Waals surface area contributed by atoms with Gasteiger partial charge in [-0.25, -0.2) is 0 Å². The van der Waals surface area contributed by atoms with E-state index in [1.54, 1.807) is 0 Å². The number of benzene rings is 1. The Bertz CT molecular complexity index is 923. The van der Waals surface area contributed by atoms with Gasteiger partial charge in [-0.15, -0.1) is 0 Å². The summed E-state index contributed by atoms with van der Waals surface area (Å²) in [5, 5.41) is 14.8. The first-order chi connectivity index (χ1) is 14.2. The number of halogens is 1. The predicted molar refractivity (Wildman–Crippen MR) is 108 cm³/mol. The normalized spacial score (nSPS) is 24.5. The van der Waals surface area contributed by atoms with Crippen molar-refractivity contribution >= 4 is 11.6 Å². The first-order valence-electron chi connectivity index (χ1n) is 10.4. The molecule has 2 aromatic rings. The molecule has 29 heavy (non-hydrogen) atoms. The second kappa shape index (κ2) is 7.73. The Morgan fingerprint density at radius 1 is 1.24 bits per heavy atom. The minimum Gasteiger partial charge on any atom is -0.381 e. The van der Waals surface area contributed by atoms with E-state index in [1.807, 2.05) is 24.4 Å². The molecule has 1 aromatic heterocycles. The monoisotopic (exact) mass is 412 g/mol. The second-order valence-electron chi connectivity index (χ2n) is 8.30. The van der Waals surface area contributed by atoms with Gasteiger partial charge in [0.05, 0.1) is 23.9 Å². The minimum absolute atomic E-state index is 0.386. The van der Waals surface area contributed by atoms with Crippen LogP contribution < -0.4 is 0 Å². The molecule has 1 unspecified atom stereocenters. The number of likely N-dealkylation sites (tertiary alicyclic amines) is 1. The molecular weight excluding hydrogens is 388 g/mol. The average molecular weight is 413 g/mol. The van der Waals surface area contributed by atoms with Crippen molar-refractivity contribution in [3.05, 3.63) is 52.3 Å². The molecule has 7 heteroatoms. The summed E-state index contributed by atoms with van der Waals surface area (Å²) in [5.74, 6) is 0. The molecule has 6 nitrogen and oxygen atoms in total. The number of rotatable bonds is 3.